The summed E-state index contributed by atoms with van der Waals surface area (Å²) in [4.78, 5) is 22.2. The summed E-state index contributed by atoms with van der Waals surface area (Å²) in [7, 11) is -3.96. The van der Waals surface area contributed by atoms with Crippen LogP contribution in [0.25, 0.3) is 0 Å². The Morgan fingerprint density at radius 3 is 2.52 bits per heavy atom. The highest BCUT2D eigenvalue weighted by Crippen LogP contribution is 2.23. The molecule has 0 aliphatic carbocycles. The zero-order valence-corrected chi connectivity index (χ0v) is 13.8. The van der Waals surface area contributed by atoms with Crippen LogP contribution in [0.1, 0.15) is 10.4 Å². The summed E-state index contributed by atoms with van der Waals surface area (Å²) in [5.74, 6) is -0.636. The number of halogens is 1. The number of amides is 1. The molecule has 0 aliphatic rings. The van der Waals surface area contributed by atoms with Gasteiger partial charge in [-0.05, 0) is 40.2 Å². The van der Waals surface area contributed by atoms with Gasteiger partial charge in [0.1, 0.15) is 0 Å². The van der Waals surface area contributed by atoms with Crippen molar-refractivity contribution in [2.45, 2.75) is 4.90 Å². The molecule has 0 fully saturated rings. The maximum Gasteiger partial charge on any atom is 0.271 e. The van der Waals surface area contributed by atoms with E-state index in [9.17, 15) is 23.3 Å². The van der Waals surface area contributed by atoms with Gasteiger partial charge in [-0.25, -0.2) is 13.6 Å². The van der Waals surface area contributed by atoms with Crippen LogP contribution in [0.15, 0.2) is 51.8 Å². The first kappa shape index (κ1) is 17.1. The fourth-order valence-electron chi connectivity index (χ4n) is 1.75. The number of hydrogen-bond donors (Lipinski definition) is 2. The van der Waals surface area contributed by atoms with Crippen LogP contribution in [0.2, 0.25) is 0 Å². The topological polar surface area (TPSA) is 132 Å². The molecule has 23 heavy (non-hydrogen) atoms. The molecule has 120 valence electrons. The van der Waals surface area contributed by atoms with E-state index in [0.29, 0.717) is 4.47 Å². The highest BCUT2D eigenvalue weighted by Gasteiger charge is 2.16. The number of nitro benzene ring substituents is 1. The Morgan fingerprint density at radius 2 is 1.91 bits per heavy atom. The number of sulfonamides is 1. The van der Waals surface area contributed by atoms with Gasteiger partial charge in [-0.2, -0.15) is 0 Å². The van der Waals surface area contributed by atoms with Crippen molar-refractivity contribution in [1.82, 2.24) is 0 Å². The summed E-state index contributed by atoms with van der Waals surface area (Å²) in [5, 5.41) is 18.2. The van der Waals surface area contributed by atoms with Crippen LogP contribution in [0.4, 0.5) is 11.4 Å². The molecule has 3 N–H and O–H groups in total. The maximum atomic E-state index is 12.2. The molecule has 2 aromatic rings. The van der Waals surface area contributed by atoms with Crippen molar-refractivity contribution in [3.63, 3.8) is 0 Å². The van der Waals surface area contributed by atoms with Gasteiger partial charge >= 0.3 is 0 Å². The van der Waals surface area contributed by atoms with E-state index < -0.39 is 20.9 Å². The second kappa shape index (κ2) is 6.44. The highest BCUT2D eigenvalue weighted by atomic mass is 79.9. The van der Waals surface area contributed by atoms with E-state index in [2.05, 4.69) is 21.2 Å². The summed E-state index contributed by atoms with van der Waals surface area (Å²) in [6, 6.07) is 9.12. The molecule has 0 spiro atoms. The van der Waals surface area contributed by atoms with Crippen molar-refractivity contribution in [3.8, 4) is 0 Å². The minimum absolute atomic E-state index is 0.0306. The molecular formula is C13H10BrN3O5S. The van der Waals surface area contributed by atoms with E-state index in [0.717, 1.165) is 6.07 Å². The molecule has 2 rings (SSSR count). The monoisotopic (exact) mass is 399 g/mol. The number of rotatable bonds is 4. The molecule has 0 saturated carbocycles. The third-order valence-corrected chi connectivity index (χ3v) is 4.43. The summed E-state index contributed by atoms with van der Waals surface area (Å²) in [6.45, 7) is 0. The number of non-ortho nitro benzene ring substituents is 1. The predicted molar refractivity (Wildman–Crippen MR) is 86.6 cm³/mol. The largest absolute Gasteiger partial charge is 0.322 e. The minimum atomic E-state index is -3.96. The fourth-order valence-corrected chi connectivity index (χ4v) is 2.72. The molecule has 0 radical (unpaired) electrons. The first-order chi connectivity index (χ1) is 10.7. The number of nitrogens with zero attached hydrogens (tertiary/aromatic N) is 1. The van der Waals surface area contributed by atoms with Gasteiger partial charge in [-0.3, -0.25) is 14.9 Å². The molecule has 0 atom stereocenters. The summed E-state index contributed by atoms with van der Waals surface area (Å²) < 4.78 is 23.1. The standard InChI is InChI=1S/C13H10BrN3O5S/c14-12-5-4-10(23(15,21)22)7-11(12)13(18)16-8-2-1-3-9(6-8)17(19)20/h1-7H,(H,16,18)(H2,15,21,22). The van der Waals surface area contributed by atoms with Crippen LogP contribution in [0, 0.1) is 10.1 Å². The van der Waals surface area contributed by atoms with Crippen molar-refractivity contribution in [2.24, 2.45) is 5.14 Å². The maximum absolute atomic E-state index is 12.2. The van der Waals surface area contributed by atoms with Gasteiger partial charge in [-0.1, -0.05) is 6.07 Å². The van der Waals surface area contributed by atoms with Crippen molar-refractivity contribution < 1.29 is 18.1 Å². The molecule has 0 aromatic heterocycles. The average molecular weight is 400 g/mol. The minimum Gasteiger partial charge on any atom is -0.322 e. The van der Waals surface area contributed by atoms with Gasteiger partial charge in [0.25, 0.3) is 11.6 Å². The van der Waals surface area contributed by atoms with Gasteiger partial charge in [0, 0.05) is 22.3 Å². The highest BCUT2D eigenvalue weighted by molar-refractivity contribution is 9.10. The lowest BCUT2D eigenvalue weighted by Crippen LogP contribution is -2.16. The van der Waals surface area contributed by atoms with Crippen molar-refractivity contribution in [2.75, 3.05) is 5.32 Å². The smallest absolute Gasteiger partial charge is 0.271 e. The molecule has 0 aliphatic heterocycles. The molecule has 0 bridgehead atoms. The van der Waals surface area contributed by atoms with Gasteiger partial charge in [0.05, 0.1) is 15.4 Å². The molecule has 2 aromatic carbocycles. The summed E-state index contributed by atoms with van der Waals surface area (Å²) in [6.07, 6.45) is 0. The molecule has 0 unspecified atom stereocenters. The van der Waals surface area contributed by atoms with Crippen LogP contribution in [0.3, 0.4) is 0 Å². The number of benzene rings is 2. The van der Waals surface area contributed by atoms with Crippen LogP contribution in [-0.2, 0) is 10.0 Å². The summed E-state index contributed by atoms with van der Waals surface area (Å²) >= 11 is 3.14. The molecular weight excluding hydrogens is 390 g/mol. The second-order valence-corrected chi connectivity index (χ2v) is 6.86. The zero-order valence-electron chi connectivity index (χ0n) is 11.4. The van der Waals surface area contributed by atoms with Crippen molar-refractivity contribution in [1.29, 1.82) is 0 Å². The normalized spacial score (nSPS) is 11.0. The van der Waals surface area contributed by atoms with E-state index in [1.54, 1.807) is 0 Å². The third-order valence-electron chi connectivity index (χ3n) is 2.83. The van der Waals surface area contributed by atoms with E-state index >= 15 is 0 Å². The Bertz CT molecular complexity index is 898. The average Bonchev–Trinajstić information content (AvgIpc) is 2.46. The van der Waals surface area contributed by atoms with Gasteiger partial charge < -0.3 is 5.32 Å². The molecule has 1 amide bonds. The number of nitrogens with one attached hydrogen (secondary N) is 1. The first-order valence-electron chi connectivity index (χ1n) is 6.06. The Labute approximate surface area is 139 Å². The second-order valence-electron chi connectivity index (χ2n) is 4.45. The van der Waals surface area contributed by atoms with E-state index in [-0.39, 0.29) is 21.8 Å². The number of nitro groups is 1. The Balaban J connectivity index is 2.34. The van der Waals surface area contributed by atoms with Gasteiger partial charge in [0.15, 0.2) is 0 Å². The Hall–Kier alpha value is -2.30. The van der Waals surface area contributed by atoms with Crippen LogP contribution in [0.5, 0.6) is 0 Å². The third kappa shape index (κ3) is 4.12. The van der Waals surface area contributed by atoms with Crippen molar-refractivity contribution in [3.05, 3.63) is 62.6 Å². The Morgan fingerprint density at radius 1 is 1.22 bits per heavy atom. The predicted octanol–water partition coefficient (Wildman–Crippen LogP) is 2.26. The van der Waals surface area contributed by atoms with Crippen LogP contribution < -0.4 is 10.5 Å². The number of nitrogens with two attached hydrogens (primary N) is 1. The molecule has 0 saturated heterocycles. The number of carbonyl (C=O) groups excluding carboxylic acids is 1. The van der Waals surface area contributed by atoms with E-state index in [1.165, 1.54) is 36.4 Å². The zero-order chi connectivity index (χ0) is 17.2. The van der Waals surface area contributed by atoms with E-state index in [4.69, 9.17) is 5.14 Å². The molecule has 8 nitrogen and oxygen atoms in total. The lowest BCUT2D eigenvalue weighted by Gasteiger charge is -2.08. The van der Waals surface area contributed by atoms with Crippen LogP contribution in [-0.4, -0.2) is 19.2 Å². The first-order valence-corrected chi connectivity index (χ1v) is 8.40. The molecule has 0 heterocycles. The molecule has 10 heteroatoms. The van der Waals surface area contributed by atoms with Gasteiger partial charge in [-0.15, -0.1) is 0 Å². The van der Waals surface area contributed by atoms with Crippen LogP contribution >= 0.6 is 15.9 Å². The van der Waals surface area contributed by atoms with Gasteiger partial charge in [0.2, 0.25) is 10.0 Å². The number of primary sulfonamides is 1. The SMILES string of the molecule is NS(=O)(=O)c1ccc(Br)c(C(=O)Nc2cccc([N+](=O)[O-])c2)c1. The van der Waals surface area contributed by atoms with E-state index in [1.807, 2.05) is 0 Å². The Kier molecular flexibility index (Phi) is 4.78. The lowest BCUT2D eigenvalue weighted by atomic mass is 10.2. The lowest BCUT2D eigenvalue weighted by molar-refractivity contribution is -0.384. The number of carbonyl (C=O) groups is 1. The number of hydrogen-bond acceptors (Lipinski definition) is 5. The number of anilines is 1. The quantitative estimate of drug-likeness (QED) is 0.600. The fraction of sp³-hybridized carbons (Fsp3) is 0. The summed E-state index contributed by atoms with van der Waals surface area (Å²) in [5.41, 5.74) is 0.0558. The van der Waals surface area contributed by atoms with Crippen molar-refractivity contribution >= 4 is 43.2 Å².